The molecule has 5 nitrogen and oxygen atoms in total. The number of fused-ring (bicyclic) bond motifs is 9. The lowest BCUT2D eigenvalue weighted by molar-refractivity contribution is 1.13. The molecule has 254 valence electrons. The van der Waals surface area contributed by atoms with E-state index >= 15 is 0 Å². The van der Waals surface area contributed by atoms with Gasteiger partial charge in [0, 0.05) is 43.7 Å². The number of nitriles is 1. The Morgan fingerprint density at radius 3 is 1.71 bits per heavy atom. The normalized spacial score (nSPS) is 11.6. The number of rotatable bonds is 4. The Balaban J connectivity index is 1.22. The van der Waals surface area contributed by atoms with E-state index in [2.05, 4.69) is 170 Å². The smallest absolute Gasteiger partial charge is 0.197 e. The minimum Gasteiger partial charge on any atom is -0.311 e. The summed E-state index contributed by atoms with van der Waals surface area (Å²) in [6, 6.07) is 63.7. The fourth-order valence-corrected chi connectivity index (χ4v) is 8.83. The van der Waals surface area contributed by atoms with Crippen LogP contribution in [0.4, 0.5) is 5.69 Å². The lowest BCUT2D eigenvalue weighted by atomic mass is 10.0. The van der Waals surface area contributed by atoms with Crippen LogP contribution in [0.25, 0.3) is 98.5 Å². The Labute approximate surface area is 316 Å². The second-order valence-electron chi connectivity index (χ2n) is 13.9. The van der Waals surface area contributed by atoms with Gasteiger partial charge in [-0.1, -0.05) is 115 Å². The van der Waals surface area contributed by atoms with E-state index in [-0.39, 0.29) is 0 Å². The highest BCUT2D eigenvalue weighted by Gasteiger charge is 2.22. The molecule has 55 heavy (non-hydrogen) atoms. The van der Waals surface area contributed by atoms with Crippen molar-refractivity contribution in [3.63, 3.8) is 0 Å². The molecular formula is C50H29N5. The van der Waals surface area contributed by atoms with Gasteiger partial charge in [-0.15, -0.1) is 0 Å². The molecule has 0 amide bonds. The molecule has 5 heteroatoms. The maximum absolute atomic E-state index is 10.3. The van der Waals surface area contributed by atoms with Crippen LogP contribution in [0.5, 0.6) is 0 Å². The van der Waals surface area contributed by atoms with E-state index in [0.717, 1.165) is 82.8 Å². The topological polar surface area (TPSA) is 42.9 Å². The molecule has 0 unspecified atom stereocenters. The van der Waals surface area contributed by atoms with E-state index in [1.54, 1.807) is 0 Å². The van der Waals surface area contributed by atoms with Gasteiger partial charge in [0.15, 0.2) is 5.69 Å². The van der Waals surface area contributed by atoms with Gasteiger partial charge >= 0.3 is 0 Å². The van der Waals surface area contributed by atoms with Crippen molar-refractivity contribution in [2.24, 2.45) is 0 Å². The lowest BCUT2D eigenvalue weighted by Gasteiger charge is -2.18. The first-order chi connectivity index (χ1) is 27.2. The maximum Gasteiger partial charge on any atom is 0.197 e. The highest BCUT2D eigenvalue weighted by Crippen LogP contribution is 2.43. The molecule has 8 aromatic carbocycles. The molecule has 0 N–H and O–H groups in total. The zero-order chi connectivity index (χ0) is 36.6. The van der Waals surface area contributed by atoms with Crippen molar-refractivity contribution in [1.82, 2.24) is 13.7 Å². The molecule has 3 aromatic heterocycles. The van der Waals surface area contributed by atoms with E-state index in [9.17, 15) is 5.26 Å². The summed E-state index contributed by atoms with van der Waals surface area (Å²) in [5.74, 6) is 0. The summed E-state index contributed by atoms with van der Waals surface area (Å²) < 4.78 is 7.00. The molecule has 3 heterocycles. The average molecular weight is 700 g/mol. The van der Waals surface area contributed by atoms with Crippen LogP contribution in [0.2, 0.25) is 0 Å². The molecule has 0 aliphatic carbocycles. The monoisotopic (exact) mass is 699 g/mol. The Morgan fingerprint density at radius 2 is 1.02 bits per heavy atom. The predicted molar refractivity (Wildman–Crippen MR) is 226 cm³/mol. The first kappa shape index (κ1) is 30.7. The molecule has 0 saturated carbocycles. The molecular weight excluding hydrogens is 671 g/mol. The van der Waals surface area contributed by atoms with Crippen molar-refractivity contribution in [2.75, 3.05) is 0 Å². The molecule has 0 bridgehead atoms. The molecule has 0 aliphatic rings. The van der Waals surface area contributed by atoms with Gasteiger partial charge in [-0.2, -0.15) is 5.26 Å². The van der Waals surface area contributed by atoms with Gasteiger partial charge in [0.25, 0.3) is 0 Å². The summed E-state index contributed by atoms with van der Waals surface area (Å²) in [6.07, 6.45) is 0. The number of hydrogen-bond donors (Lipinski definition) is 0. The van der Waals surface area contributed by atoms with Gasteiger partial charge in [0.1, 0.15) is 0 Å². The van der Waals surface area contributed by atoms with Crippen molar-refractivity contribution in [3.8, 4) is 34.3 Å². The van der Waals surface area contributed by atoms with Crippen molar-refractivity contribution < 1.29 is 0 Å². The molecule has 0 aliphatic heterocycles. The zero-order valence-electron chi connectivity index (χ0n) is 29.5. The fraction of sp³-hybridized carbons (Fsp3) is 0. The SMILES string of the molecule is [C-]#[N+]c1cccc2c1c1ccccc1n2-c1cccc(-c2ccc(C#N)cc2-n2c3ccccc3c3cccc(-n4c5ccccc5c5ccccc54)c32)c1. The fourth-order valence-electron chi connectivity index (χ4n) is 8.83. The number of aromatic nitrogens is 3. The standard InChI is InChI=1S/C50H29N5/c1-52-41-20-12-25-46-49(41)40-18-5-9-24-45(40)53(46)34-14-10-13-33(30-34)35-28-27-32(31-51)29-48(35)55-44-23-8-4-17-38(44)39-19-11-26-47(50(39)55)54-42-21-6-2-15-36(42)37-16-3-7-22-43(37)54/h2-30H. The van der Waals surface area contributed by atoms with Crippen LogP contribution in [0.3, 0.4) is 0 Å². The summed E-state index contributed by atoms with van der Waals surface area (Å²) in [5, 5.41) is 17.0. The molecule has 0 atom stereocenters. The van der Waals surface area contributed by atoms with Crippen molar-refractivity contribution in [1.29, 1.82) is 5.26 Å². The van der Waals surface area contributed by atoms with E-state index in [1.165, 1.54) is 10.8 Å². The number of para-hydroxylation sites is 5. The van der Waals surface area contributed by atoms with Gasteiger partial charge in [-0.25, -0.2) is 4.85 Å². The largest absolute Gasteiger partial charge is 0.311 e. The summed E-state index contributed by atoms with van der Waals surface area (Å²) in [4.78, 5) is 3.89. The van der Waals surface area contributed by atoms with Crippen LogP contribution >= 0.6 is 0 Å². The van der Waals surface area contributed by atoms with Gasteiger partial charge in [0.2, 0.25) is 0 Å². The van der Waals surface area contributed by atoms with Crippen LogP contribution < -0.4 is 0 Å². The van der Waals surface area contributed by atoms with E-state index in [1.807, 2.05) is 30.3 Å². The van der Waals surface area contributed by atoms with Crippen LogP contribution in [-0.2, 0) is 0 Å². The predicted octanol–water partition coefficient (Wildman–Crippen LogP) is 13.1. The average Bonchev–Trinajstić information content (AvgIpc) is 3.89. The van der Waals surface area contributed by atoms with Crippen LogP contribution in [0, 0.1) is 17.9 Å². The first-order valence-electron chi connectivity index (χ1n) is 18.3. The third-order valence-corrected chi connectivity index (χ3v) is 11.1. The molecule has 0 saturated heterocycles. The second kappa shape index (κ2) is 11.8. The third kappa shape index (κ3) is 4.39. The van der Waals surface area contributed by atoms with Crippen molar-refractivity contribution in [2.45, 2.75) is 0 Å². The summed E-state index contributed by atoms with van der Waals surface area (Å²) in [6.45, 7) is 7.93. The van der Waals surface area contributed by atoms with Crippen LogP contribution in [-0.4, -0.2) is 13.7 Å². The van der Waals surface area contributed by atoms with E-state index < -0.39 is 0 Å². The quantitative estimate of drug-likeness (QED) is 0.169. The minimum atomic E-state index is 0.587. The molecule has 0 spiro atoms. The Morgan fingerprint density at radius 1 is 0.455 bits per heavy atom. The van der Waals surface area contributed by atoms with Gasteiger partial charge in [-0.05, 0) is 71.6 Å². The number of nitrogens with zero attached hydrogens (tertiary/aromatic N) is 5. The molecule has 0 radical (unpaired) electrons. The third-order valence-electron chi connectivity index (χ3n) is 11.1. The van der Waals surface area contributed by atoms with Gasteiger partial charge < -0.3 is 13.7 Å². The number of benzene rings is 8. The Bertz CT molecular complexity index is 3420. The molecule has 11 rings (SSSR count). The highest BCUT2D eigenvalue weighted by molar-refractivity contribution is 6.16. The minimum absolute atomic E-state index is 0.587. The molecule has 0 fully saturated rings. The van der Waals surface area contributed by atoms with E-state index in [4.69, 9.17) is 6.57 Å². The zero-order valence-corrected chi connectivity index (χ0v) is 29.5. The Hall–Kier alpha value is -7.86. The molecule has 11 aromatic rings. The first-order valence-corrected chi connectivity index (χ1v) is 18.3. The summed E-state index contributed by atoms with van der Waals surface area (Å²) in [5.41, 5.74) is 12.7. The second-order valence-corrected chi connectivity index (χ2v) is 13.9. The van der Waals surface area contributed by atoms with E-state index in [0.29, 0.717) is 11.3 Å². The maximum atomic E-state index is 10.3. The van der Waals surface area contributed by atoms with Gasteiger partial charge in [0.05, 0.1) is 57.2 Å². The van der Waals surface area contributed by atoms with Crippen molar-refractivity contribution >= 4 is 71.1 Å². The summed E-state index contributed by atoms with van der Waals surface area (Å²) >= 11 is 0. The van der Waals surface area contributed by atoms with Crippen LogP contribution in [0.1, 0.15) is 5.56 Å². The lowest BCUT2D eigenvalue weighted by Crippen LogP contribution is -2.03. The number of hydrogen-bond acceptors (Lipinski definition) is 1. The van der Waals surface area contributed by atoms with Crippen molar-refractivity contribution in [3.05, 3.63) is 193 Å². The van der Waals surface area contributed by atoms with Crippen LogP contribution in [0.15, 0.2) is 176 Å². The summed E-state index contributed by atoms with van der Waals surface area (Å²) in [7, 11) is 0. The van der Waals surface area contributed by atoms with Gasteiger partial charge in [-0.3, -0.25) is 0 Å². The Kier molecular flexibility index (Phi) is 6.61. The highest BCUT2D eigenvalue weighted by atomic mass is 15.1.